The van der Waals surface area contributed by atoms with Gasteiger partial charge in [-0.3, -0.25) is 9.78 Å². The lowest BCUT2D eigenvalue weighted by molar-refractivity contribution is 0.281. The second-order valence-electron chi connectivity index (χ2n) is 5.52. The molecule has 0 spiro atoms. The van der Waals surface area contributed by atoms with Gasteiger partial charge in [-0.15, -0.1) is 0 Å². The smallest absolute Gasteiger partial charge is 0.306 e. The fourth-order valence-corrected chi connectivity index (χ4v) is 4.15. The largest absolute Gasteiger partial charge is 0.394 e. The highest BCUT2D eigenvalue weighted by Crippen LogP contribution is 2.24. The third kappa shape index (κ3) is 3.86. The van der Waals surface area contributed by atoms with Gasteiger partial charge >= 0.3 is 4.87 Å². The van der Waals surface area contributed by atoms with Crippen molar-refractivity contribution in [2.24, 2.45) is 0 Å². The van der Waals surface area contributed by atoms with Gasteiger partial charge in [0.25, 0.3) is 5.16 Å². The van der Waals surface area contributed by atoms with Gasteiger partial charge < -0.3 is 10.4 Å². The van der Waals surface area contributed by atoms with Crippen LogP contribution in [0.15, 0.2) is 40.3 Å². The third-order valence-corrected chi connectivity index (χ3v) is 5.73. The second-order valence-corrected chi connectivity index (χ2v) is 8.39. The molecule has 2 heterocycles. The quantitative estimate of drug-likeness (QED) is 0.548. The number of benzene rings is 1. The van der Waals surface area contributed by atoms with Crippen LogP contribution in [0.3, 0.4) is 0 Å². The van der Waals surface area contributed by atoms with Crippen LogP contribution < -0.4 is 10.2 Å². The molecule has 0 aliphatic rings. The first-order valence-corrected chi connectivity index (χ1v) is 9.91. The highest BCUT2D eigenvalue weighted by Gasteiger charge is 2.23. The second kappa shape index (κ2) is 6.90. The number of nitrogens with zero attached hydrogens (tertiary/aromatic N) is 2. The fourth-order valence-electron chi connectivity index (χ4n) is 2.20. The molecule has 3 N–H and O–H groups in total. The van der Waals surface area contributed by atoms with Crippen LogP contribution in [0.4, 0.5) is 5.82 Å². The Kier molecular flexibility index (Phi) is 4.84. The molecule has 25 heavy (non-hydrogen) atoms. The maximum atomic E-state index is 12.7. The summed E-state index contributed by atoms with van der Waals surface area (Å²) in [5.74, 6) is -0.0376. The number of aliphatic hydroxyl groups is 1. The Balaban J connectivity index is 2.07. The molecule has 1 atom stereocenters. The van der Waals surface area contributed by atoms with Crippen LogP contribution in [0.5, 0.6) is 0 Å². The van der Waals surface area contributed by atoms with E-state index in [0.717, 1.165) is 11.3 Å². The Morgan fingerprint density at radius 3 is 2.68 bits per heavy atom. The van der Waals surface area contributed by atoms with Gasteiger partial charge in [0.1, 0.15) is 4.70 Å². The van der Waals surface area contributed by atoms with Gasteiger partial charge in [0, 0.05) is 6.04 Å². The number of aliphatic hydroxyl groups excluding tert-OH is 1. The summed E-state index contributed by atoms with van der Waals surface area (Å²) in [6, 6.07) is 8.35. The third-order valence-electron chi connectivity index (χ3n) is 3.39. The van der Waals surface area contributed by atoms with Crippen LogP contribution in [0.1, 0.15) is 12.5 Å². The summed E-state index contributed by atoms with van der Waals surface area (Å²) in [5.41, 5.74) is 0.771. The van der Waals surface area contributed by atoms with Gasteiger partial charge in [0.15, 0.2) is 11.5 Å². The van der Waals surface area contributed by atoms with E-state index in [9.17, 15) is 18.3 Å². The molecule has 8 nitrogen and oxygen atoms in total. The predicted molar refractivity (Wildman–Crippen MR) is 95.5 cm³/mol. The van der Waals surface area contributed by atoms with Gasteiger partial charge in [-0.25, -0.2) is 8.42 Å². The summed E-state index contributed by atoms with van der Waals surface area (Å²) in [6.45, 7) is 1.54. The van der Waals surface area contributed by atoms with E-state index in [1.165, 1.54) is 0 Å². The van der Waals surface area contributed by atoms with Gasteiger partial charge in [-0.2, -0.15) is 9.97 Å². The normalized spacial score (nSPS) is 13.0. The Hall–Kier alpha value is -2.30. The lowest BCUT2D eigenvalue weighted by atomic mass is 10.2. The number of rotatable bonds is 6. The molecule has 0 bridgehead atoms. The molecule has 0 radical (unpaired) electrons. The van der Waals surface area contributed by atoms with Crippen LogP contribution in [0, 0.1) is 0 Å². The minimum absolute atomic E-state index is 0.157. The summed E-state index contributed by atoms with van der Waals surface area (Å²) in [4.78, 5) is 21.9. The summed E-state index contributed by atoms with van der Waals surface area (Å²) in [7, 11) is -3.80. The van der Waals surface area contributed by atoms with E-state index >= 15 is 0 Å². The Labute approximate surface area is 147 Å². The van der Waals surface area contributed by atoms with Crippen LogP contribution in [0.2, 0.25) is 0 Å². The first kappa shape index (κ1) is 17.5. The molecular formula is C15H16N4O4S2. The monoisotopic (exact) mass is 380 g/mol. The Morgan fingerprint density at radius 2 is 2.00 bits per heavy atom. The van der Waals surface area contributed by atoms with E-state index in [-0.39, 0.29) is 39.9 Å². The summed E-state index contributed by atoms with van der Waals surface area (Å²) >= 11 is 0.879. The standard InChI is InChI=1S/C15H16N4O4S2/c1-9(7-20)16-12-11-13(19-15(21)24-11)18-14(17-12)25(22,23)8-10-5-3-2-4-6-10/h2-6,9,20H,7-8H2,1H3,(H2,16,17,18,19,21)/t9-/m1/s1. The Morgan fingerprint density at radius 1 is 1.28 bits per heavy atom. The maximum Gasteiger partial charge on any atom is 0.306 e. The van der Waals surface area contributed by atoms with E-state index in [1.54, 1.807) is 37.3 Å². The lowest BCUT2D eigenvalue weighted by Crippen LogP contribution is -2.21. The average Bonchev–Trinajstić information content (AvgIpc) is 2.95. The van der Waals surface area contributed by atoms with Crippen LogP contribution >= 0.6 is 11.3 Å². The number of fused-ring (bicyclic) bond motifs is 1. The van der Waals surface area contributed by atoms with E-state index < -0.39 is 9.84 Å². The summed E-state index contributed by atoms with van der Waals surface area (Å²) < 4.78 is 25.8. The molecule has 132 valence electrons. The van der Waals surface area contributed by atoms with Gasteiger partial charge in [-0.1, -0.05) is 41.7 Å². The molecule has 1 aromatic carbocycles. The molecule has 0 fully saturated rings. The number of sulfone groups is 1. The molecule has 2 aromatic heterocycles. The molecule has 0 unspecified atom stereocenters. The number of thiazole rings is 1. The van der Waals surface area contributed by atoms with E-state index in [4.69, 9.17) is 0 Å². The van der Waals surface area contributed by atoms with Crippen molar-refractivity contribution in [3.8, 4) is 0 Å². The highest BCUT2D eigenvalue weighted by atomic mass is 32.2. The number of H-pyrrole nitrogens is 1. The number of aromatic nitrogens is 3. The number of hydrogen-bond donors (Lipinski definition) is 3. The van der Waals surface area contributed by atoms with Crippen LogP contribution in [-0.2, 0) is 15.6 Å². The van der Waals surface area contributed by atoms with Crippen molar-refractivity contribution in [3.05, 3.63) is 45.6 Å². The zero-order chi connectivity index (χ0) is 18.0. The highest BCUT2D eigenvalue weighted by molar-refractivity contribution is 7.90. The van der Waals surface area contributed by atoms with Crippen molar-refractivity contribution in [2.75, 3.05) is 11.9 Å². The molecule has 0 saturated carbocycles. The predicted octanol–water partition coefficient (Wildman–Crippen LogP) is 1.15. The average molecular weight is 380 g/mol. The first-order valence-electron chi connectivity index (χ1n) is 7.44. The number of hydrogen-bond acceptors (Lipinski definition) is 8. The van der Waals surface area contributed by atoms with Crippen molar-refractivity contribution in [2.45, 2.75) is 23.9 Å². The van der Waals surface area contributed by atoms with Crippen LogP contribution in [-0.4, -0.2) is 41.1 Å². The van der Waals surface area contributed by atoms with Gasteiger partial charge in [-0.05, 0) is 12.5 Å². The minimum Gasteiger partial charge on any atom is -0.394 e. The van der Waals surface area contributed by atoms with Crippen molar-refractivity contribution in [1.29, 1.82) is 0 Å². The SMILES string of the molecule is C[C@H](CO)Nc1nc(S(=O)(=O)Cc2ccccc2)nc2[nH]c(=O)sc12. The molecular weight excluding hydrogens is 364 g/mol. The van der Waals surface area contributed by atoms with Crippen LogP contribution in [0.25, 0.3) is 10.3 Å². The minimum atomic E-state index is -3.80. The van der Waals surface area contributed by atoms with E-state index in [2.05, 4.69) is 20.3 Å². The molecule has 3 rings (SSSR count). The first-order chi connectivity index (χ1) is 11.9. The topological polar surface area (TPSA) is 125 Å². The number of aromatic amines is 1. The molecule has 0 saturated heterocycles. The lowest BCUT2D eigenvalue weighted by Gasteiger charge is -2.13. The number of nitrogens with one attached hydrogen (secondary N) is 2. The van der Waals surface area contributed by atoms with Crippen molar-refractivity contribution in [1.82, 2.24) is 15.0 Å². The summed E-state index contributed by atoms with van der Waals surface area (Å²) in [5, 5.41) is 11.7. The maximum absolute atomic E-state index is 12.7. The number of anilines is 1. The molecule has 0 aliphatic carbocycles. The van der Waals surface area contributed by atoms with Gasteiger partial charge in [0.05, 0.1) is 12.4 Å². The van der Waals surface area contributed by atoms with E-state index in [1.807, 2.05) is 0 Å². The zero-order valence-electron chi connectivity index (χ0n) is 13.3. The van der Waals surface area contributed by atoms with Crippen molar-refractivity contribution in [3.63, 3.8) is 0 Å². The van der Waals surface area contributed by atoms with Crippen molar-refractivity contribution >= 4 is 37.3 Å². The Bertz CT molecular complexity index is 1040. The molecule has 3 aromatic rings. The molecule has 0 amide bonds. The van der Waals surface area contributed by atoms with Gasteiger partial charge in [0.2, 0.25) is 9.84 Å². The van der Waals surface area contributed by atoms with Crippen molar-refractivity contribution < 1.29 is 13.5 Å². The zero-order valence-corrected chi connectivity index (χ0v) is 14.9. The fraction of sp³-hybridized carbons (Fsp3) is 0.267. The molecule has 0 aliphatic heterocycles. The van der Waals surface area contributed by atoms with E-state index in [0.29, 0.717) is 10.3 Å². The molecule has 10 heteroatoms. The summed E-state index contributed by atoms with van der Waals surface area (Å²) in [6.07, 6.45) is 0.